The summed E-state index contributed by atoms with van der Waals surface area (Å²) in [5, 5.41) is 9.80. The number of aliphatic hydroxyl groups is 1. The van der Waals surface area contributed by atoms with Gasteiger partial charge in [0, 0.05) is 49.1 Å². The van der Waals surface area contributed by atoms with E-state index >= 15 is 0 Å². The number of benzene rings is 2. The average Bonchev–Trinajstić information content (AvgIpc) is 2.82. The van der Waals surface area contributed by atoms with Crippen molar-refractivity contribution in [3.05, 3.63) is 59.4 Å². The zero-order valence-electron chi connectivity index (χ0n) is 21.7. The van der Waals surface area contributed by atoms with Gasteiger partial charge >= 0.3 is 0 Å². The predicted octanol–water partition coefficient (Wildman–Crippen LogP) is 4.12. The van der Waals surface area contributed by atoms with Crippen molar-refractivity contribution < 1.29 is 22.7 Å². The number of fused-ring (bicyclic) bond motifs is 1. The van der Waals surface area contributed by atoms with Crippen molar-refractivity contribution in [1.82, 2.24) is 9.21 Å². The van der Waals surface area contributed by atoms with Crippen molar-refractivity contribution in [2.45, 2.75) is 57.7 Å². The highest BCUT2D eigenvalue weighted by atomic mass is 32.2. The van der Waals surface area contributed by atoms with Crippen LogP contribution in [-0.2, 0) is 16.6 Å². The molecule has 0 unspecified atom stereocenters. The van der Waals surface area contributed by atoms with Gasteiger partial charge in [-0.1, -0.05) is 50.8 Å². The number of halogens is 1. The first-order chi connectivity index (χ1) is 17.0. The van der Waals surface area contributed by atoms with Crippen LogP contribution in [-0.4, -0.2) is 61.6 Å². The van der Waals surface area contributed by atoms with Crippen molar-refractivity contribution in [1.29, 1.82) is 0 Å². The first-order valence-electron chi connectivity index (χ1n) is 12.4. The van der Waals surface area contributed by atoms with Crippen LogP contribution in [0.15, 0.2) is 47.4 Å². The molecule has 0 aliphatic carbocycles. The van der Waals surface area contributed by atoms with Crippen LogP contribution in [0, 0.1) is 29.5 Å². The Bertz CT molecular complexity index is 1210. The van der Waals surface area contributed by atoms with Crippen molar-refractivity contribution in [3.8, 4) is 17.6 Å². The summed E-state index contributed by atoms with van der Waals surface area (Å²) >= 11 is 0. The predicted molar refractivity (Wildman–Crippen MR) is 140 cm³/mol. The zero-order chi connectivity index (χ0) is 26.5. The first kappa shape index (κ1) is 28.1. The maximum atomic E-state index is 14.2. The highest BCUT2D eigenvalue weighted by Gasteiger charge is 2.38. The molecular formula is C28H37FN2O4S. The van der Waals surface area contributed by atoms with Gasteiger partial charge in [0.2, 0.25) is 10.0 Å². The maximum absolute atomic E-state index is 14.2. The van der Waals surface area contributed by atoms with E-state index < -0.39 is 16.1 Å². The minimum Gasteiger partial charge on any atom is -0.487 e. The lowest BCUT2D eigenvalue weighted by Gasteiger charge is -2.37. The van der Waals surface area contributed by atoms with E-state index in [0.29, 0.717) is 30.1 Å². The summed E-state index contributed by atoms with van der Waals surface area (Å²) in [5.74, 6) is 6.47. The van der Waals surface area contributed by atoms with Gasteiger partial charge in [0.15, 0.2) is 0 Å². The Morgan fingerprint density at radius 2 is 1.94 bits per heavy atom. The number of hydrogen-bond acceptors (Lipinski definition) is 5. The summed E-state index contributed by atoms with van der Waals surface area (Å²) in [6.45, 7) is 8.55. The molecule has 196 valence electrons. The summed E-state index contributed by atoms with van der Waals surface area (Å²) in [6, 6.07) is 11.0. The smallest absolute Gasteiger partial charge is 0.247 e. The van der Waals surface area contributed by atoms with Crippen LogP contribution in [0.2, 0.25) is 0 Å². The topological polar surface area (TPSA) is 70.1 Å². The molecule has 1 aliphatic heterocycles. The number of hydrogen-bond donors (Lipinski definition) is 1. The van der Waals surface area contributed by atoms with Crippen LogP contribution in [0.3, 0.4) is 0 Å². The van der Waals surface area contributed by atoms with Gasteiger partial charge in [0.05, 0.1) is 6.61 Å². The quantitative estimate of drug-likeness (QED) is 0.561. The Balaban J connectivity index is 1.97. The molecule has 0 fully saturated rings. The van der Waals surface area contributed by atoms with Crippen LogP contribution in [0.25, 0.3) is 0 Å². The molecule has 8 heteroatoms. The third-order valence-corrected chi connectivity index (χ3v) is 8.32. The van der Waals surface area contributed by atoms with E-state index in [1.165, 1.54) is 16.4 Å². The maximum Gasteiger partial charge on any atom is 0.247 e. The summed E-state index contributed by atoms with van der Waals surface area (Å²) in [5.41, 5.74) is 1.26. The average molecular weight is 517 g/mol. The molecule has 1 N–H and O–H groups in total. The van der Waals surface area contributed by atoms with Gasteiger partial charge < -0.3 is 9.84 Å². The van der Waals surface area contributed by atoms with E-state index in [4.69, 9.17) is 4.74 Å². The molecule has 36 heavy (non-hydrogen) atoms. The molecule has 1 aliphatic rings. The minimum absolute atomic E-state index is 0.0610. The molecule has 0 bridgehead atoms. The molecule has 0 amide bonds. The molecule has 0 radical (unpaired) electrons. The molecule has 3 atom stereocenters. The first-order valence-corrected chi connectivity index (χ1v) is 13.8. The highest BCUT2D eigenvalue weighted by Crippen LogP contribution is 2.34. The van der Waals surface area contributed by atoms with E-state index in [2.05, 4.69) is 25.7 Å². The lowest BCUT2D eigenvalue weighted by Crippen LogP contribution is -2.49. The molecule has 0 saturated heterocycles. The van der Waals surface area contributed by atoms with Gasteiger partial charge in [-0.2, -0.15) is 4.31 Å². The van der Waals surface area contributed by atoms with Crippen molar-refractivity contribution in [2.24, 2.45) is 11.8 Å². The van der Waals surface area contributed by atoms with Gasteiger partial charge in [0.25, 0.3) is 0 Å². The van der Waals surface area contributed by atoms with E-state index in [9.17, 15) is 17.9 Å². The molecule has 2 aromatic carbocycles. The second-order valence-corrected chi connectivity index (χ2v) is 11.9. The molecule has 2 aromatic rings. The van der Waals surface area contributed by atoms with Gasteiger partial charge in [-0.25, -0.2) is 12.8 Å². The molecule has 3 rings (SSSR count). The standard InChI is InChI=1S/C28H37FN2O4S/c1-20(2)9-8-10-23-13-14-28-26(15-23)35-27(18-30(5)17-24-11-6-7-12-25(24)29)21(3)16-31(22(4)19-32)36(28,33)34/h6-7,11-15,20-22,27,32H,9,16-19H2,1-5H3/t21-,22-,27-/m1/s1. The Morgan fingerprint density at radius 1 is 1.22 bits per heavy atom. The van der Waals surface area contributed by atoms with E-state index in [0.717, 1.165) is 6.42 Å². The second kappa shape index (κ2) is 12.2. The monoisotopic (exact) mass is 516 g/mol. The van der Waals surface area contributed by atoms with Crippen LogP contribution < -0.4 is 4.74 Å². The number of sulfonamides is 1. The molecule has 0 spiro atoms. The van der Waals surface area contributed by atoms with E-state index in [-0.39, 0.29) is 41.6 Å². The van der Waals surface area contributed by atoms with Crippen molar-refractivity contribution >= 4 is 10.0 Å². The summed E-state index contributed by atoms with van der Waals surface area (Å²) in [7, 11) is -2.02. The van der Waals surface area contributed by atoms with Crippen LogP contribution in [0.4, 0.5) is 4.39 Å². The van der Waals surface area contributed by atoms with Crippen LogP contribution >= 0.6 is 0 Å². The van der Waals surface area contributed by atoms with Gasteiger partial charge in [-0.05, 0) is 44.2 Å². The van der Waals surface area contributed by atoms with Crippen LogP contribution in [0.1, 0.15) is 45.2 Å². The molecular weight excluding hydrogens is 479 g/mol. The SMILES string of the molecule is CC(C)CC#Cc1ccc2c(c1)O[C@H](CN(C)Cc1ccccc1F)[C@H](C)CN([C@H](C)CO)S2(=O)=O. The van der Waals surface area contributed by atoms with E-state index in [1.54, 1.807) is 37.3 Å². The summed E-state index contributed by atoms with van der Waals surface area (Å²) < 4.78 is 49.1. The minimum atomic E-state index is -3.91. The lowest BCUT2D eigenvalue weighted by molar-refractivity contribution is 0.0731. The Morgan fingerprint density at radius 3 is 2.61 bits per heavy atom. The van der Waals surface area contributed by atoms with Crippen molar-refractivity contribution in [3.63, 3.8) is 0 Å². The van der Waals surface area contributed by atoms with Gasteiger partial charge in [-0.15, -0.1) is 0 Å². The molecule has 1 heterocycles. The Hall–Kier alpha value is -2.44. The number of ether oxygens (including phenoxy) is 1. The van der Waals surface area contributed by atoms with E-state index in [1.807, 2.05) is 18.9 Å². The van der Waals surface area contributed by atoms with Crippen LogP contribution in [0.5, 0.6) is 5.75 Å². The fourth-order valence-corrected chi connectivity index (χ4v) is 5.99. The Kier molecular flexibility index (Phi) is 9.53. The number of nitrogens with zero attached hydrogens (tertiary/aromatic N) is 2. The molecule has 0 saturated carbocycles. The summed E-state index contributed by atoms with van der Waals surface area (Å²) in [6.07, 6.45) is 0.363. The number of rotatable bonds is 7. The number of aliphatic hydroxyl groups excluding tert-OH is 1. The zero-order valence-corrected chi connectivity index (χ0v) is 22.6. The Labute approximate surface area is 215 Å². The third-order valence-electron chi connectivity index (χ3n) is 6.30. The number of likely N-dealkylation sites (N-methyl/N-ethyl adjacent to an activating group) is 1. The van der Waals surface area contributed by atoms with Gasteiger partial charge in [-0.3, -0.25) is 4.90 Å². The normalized spacial score (nSPS) is 20.6. The summed E-state index contributed by atoms with van der Waals surface area (Å²) in [4.78, 5) is 2.03. The lowest BCUT2D eigenvalue weighted by atomic mass is 10.0. The fourth-order valence-electron chi connectivity index (χ4n) is 4.17. The van der Waals surface area contributed by atoms with Crippen molar-refractivity contribution in [2.75, 3.05) is 26.7 Å². The van der Waals surface area contributed by atoms with Gasteiger partial charge in [0.1, 0.15) is 22.6 Å². The highest BCUT2D eigenvalue weighted by molar-refractivity contribution is 7.89. The third kappa shape index (κ3) is 6.86. The fraction of sp³-hybridized carbons (Fsp3) is 0.500. The molecule has 6 nitrogen and oxygen atoms in total. The molecule has 0 aromatic heterocycles. The largest absolute Gasteiger partial charge is 0.487 e. The second-order valence-electron chi connectivity index (χ2n) is 10.1.